The van der Waals surface area contributed by atoms with E-state index in [1.54, 1.807) is 0 Å². The lowest BCUT2D eigenvalue weighted by Crippen LogP contribution is -2.15. The van der Waals surface area contributed by atoms with Crippen LogP contribution in [0.1, 0.15) is 5.69 Å². The highest BCUT2D eigenvalue weighted by Crippen LogP contribution is 2.23. The molecule has 0 bridgehead atoms. The topological polar surface area (TPSA) is 98.0 Å². The molecule has 0 radical (unpaired) electrons. The Morgan fingerprint density at radius 3 is 2.64 bits per heavy atom. The highest BCUT2D eigenvalue weighted by atomic mass is 32.2. The van der Waals surface area contributed by atoms with Crippen molar-refractivity contribution in [1.29, 1.82) is 0 Å². The Morgan fingerprint density at radius 1 is 1.18 bits per heavy atom. The Balaban J connectivity index is 1.69. The number of non-ortho nitro benzene ring substituents is 1. The fourth-order valence-corrected chi connectivity index (χ4v) is 3.11. The van der Waals surface area contributed by atoms with Gasteiger partial charge in [0.25, 0.3) is 5.69 Å². The Bertz CT molecular complexity index is 1030. The first-order valence-electron chi connectivity index (χ1n) is 8.20. The van der Waals surface area contributed by atoms with E-state index in [0.29, 0.717) is 5.16 Å². The molecule has 0 aliphatic carbocycles. The second-order valence-electron chi connectivity index (χ2n) is 5.80. The maximum absolute atomic E-state index is 13.8. The largest absolute Gasteiger partial charge is 0.323 e. The lowest BCUT2D eigenvalue weighted by molar-refractivity contribution is -0.384. The molecule has 3 aromatic rings. The smallest absolute Gasteiger partial charge is 0.271 e. The summed E-state index contributed by atoms with van der Waals surface area (Å²) < 4.78 is 13.8. The summed E-state index contributed by atoms with van der Waals surface area (Å²) in [5.74, 6) is -1.34. The van der Waals surface area contributed by atoms with Gasteiger partial charge >= 0.3 is 0 Å². The third kappa shape index (κ3) is 4.89. The first-order chi connectivity index (χ1) is 13.4. The number of aromatic nitrogens is 2. The fraction of sp³-hybridized carbons (Fsp3) is 0.105. The van der Waals surface area contributed by atoms with Gasteiger partial charge in [0, 0.05) is 23.4 Å². The van der Waals surface area contributed by atoms with E-state index in [9.17, 15) is 19.3 Å². The average Bonchev–Trinajstić information content (AvgIpc) is 2.68. The van der Waals surface area contributed by atoms with Crippen molar-refractivity contribution in [3.8, 4) is 11.3 Å². The summed E-state index contributed by atoms with van der Waals surface area (Å²) in [5.41, 5.74) is 1.87. The van der Waals surface area contributed by atoms with Crippen LogP contribution in [0.4, 0.5) is 15.8 Å². The number of nitro groups is 1. The molecule has 28 heavy (non-hydrogen) atoms. The van der Waals surface area contributed by atoms with Crippen LogP contribution >= 0.6 is 11.8 Å². The predicted octanol–water partition coefficient (Wildman–Crippen LogP) is 4.23. The minimum Gasteiger partial charge on any atom is -0.323 e. The van der Waals surface area contributed by atoms with Crippen molar-refractivity contribution in [3.63, 3.8) is 0 Å². The molecule has 1 heterocycles. The van der Waals surface area contributed by atoms with E-state index in [1.165, 1.54) is 0 Å². The summed E-state index contributed by atoms with van der Waals surface area (Å²) >= 11 is 1.10. The number of carbonyl (C=O) groups is 1. The lowest BCUT2D eigenvalue weighted by atomic mass is 10.1. The van der Waals surface area contributed by atoms with Gasteiger partial charge in [0.2, 0.25) is 5.91 Å². The summed E-state index contributed by atoms with van der Waals surface area (Å²) in [6.45, 7) is 1.83. The molecule has 0 atom stereocenters. The number of anilines is 1. The molecule has 0 saturated carbocycles. The Morgan fingerprint density at radius 2 is 1.93 bits per heavy atom. The molecule has 0 saturated heterocycles. The van der Waals surface area contributed by atoms with Crippen molar-refractivity contribution >= 4 is 29.0 Å². The number of rotatable bonds is 6. The van der Waals surface area contributed by atoms with Crippen LogP contribution in [0.25, 0.3) is 11.3 Å². The fourth-order valence-electron chi connectivity index (χ4n) is 2.40. The van der Waals surface area contributed by atoms with Gasteiger partial charge in [-0.25, -0.2) is 14.4 Å². The van der Waals surface area contributed by atoms with Gasteiger partial charge in [0.1, 0.15) is 5.82 Å². The van der Waals surface area contributed by atoms with Gasteiger partial charge in [-0.05, 0) is 19.1 Å². The van der Waals surface area contributed by atoms with Crippen molar-refractivity contribution < 1.29 is 14.1 Å². The molecule has 142 valence electrons. The molecule has 1 aromatic heterocycles. The van der Waals surface area contributed by atoms with Gasteiger partial charge in [0.15, 0.2) is 5.16 Å². The normalized spacial score (nSPS) is 10.5. The number of hydrogen-bond acceptors (Lipinski definition) is 6. The molecule has 0 spiro atoms. The minimum absolute atomic E-state index is 0.0696. The number of hydrogen-bond donors (Lipinski definition) is 1. The number of halogens is 1. The Kier molecular flexibility index (Phi) is 5.95. The first-order valence-corrected chi connectivity index (χ1v) is 9.18. The highest BCUT2D eigenvalue weighted by molar-refractivity contribution is 7.99. The summed E-state index contributed by atoms with van der Waals surface area (Å²) in [4.78, 5) is 31.0. The summed E-state index contributed by atoms with van der Waals surface area (Å²) in [5, 5.41) is 13.5. The molecule has 0 aliphatic heterocycles. The van der Waals surface area contributed by atoms with E-state index in [4.69, 9.17) is 0 Å². The van der Waals surface area contributed by atoms with Crippen LogP contribution in [0.2, 0.25) is 0 Å². The number of nitrogens with zero attached hydrogens (tertiary/aromatic N) is 3. The SMILES string of the molecule is Cc1cc(-c2ccccc2)nc(SCC(=O)Nc2cc([N+](=O)[O-])ccc2F)n1. The second-order valence-corrected chi connectivity index (χ2v) is 6.74. The summed E-state index contributed by atoms with van der Waals surface area (Å²) in [6.07, 6.45) is 0. The number of nitro benzene ring substituents is 1. The molecule has 7 nitrogen and oxygen atoms in total. The average molecular weight is 398 g/mol. The maximum atomic E-state index is 13.8. The zero-order chi connectivity index (χ0) is 20.1. The Hall–Kier alpha value is -3.33. The number of benzene rings is 2. The number of thioether (sulfide) groups is 1. The van der Waals surface area contributed by atoms with E-state index in [1.807, 2.05) is 43.3 Å². The van der Waals surface area contributed by atoms with Gasteiger partial charge in [-0.15, -0.1) is 0 Å². The maximum Gasteiger partial charge on any atom is 0.271 e. The van der Waals surface area contributed by atoms with Crippen LogP contribution in [-0.2, 0) is 4.79 Å². The molecular weight excluding hydrogens is 383 g/mol. The zero-order valence-corrected chi connectivity index (χ0v) is 15.6. The van der Waals surface area contributed by atoms with Crippen molar-refractivity contribution in [2.75, 3.05) is 11.1 Å². The molecule has 1 amide bonds. The van der Waals surface area contributed by atoms with Crippen molar-refractivity contribution in [2.24, 2.45) is 0 Å². The van der Waals surface area contributed by atoms with Crippen LogP contribution in [-0.4, -0.2) is 26.6 Å². The van der Waals surface area contributed by atoms with Crippen molar-refractivity contribution in [1.82, 2.24) is 9.97 Å². The predicted molar refractivity (Wildman–Crippen MR) is 105 cm³/mol. The third-order valence-electron chi connectivity index (χ3n) is 3.67. The summed E-state index contributed by atoms with van der Waals surface area (Å²) in [7, 11) is 0. The van der Waals surface area contributed by atoms with E-state index >= 15 is 0 Å². The molecular formula is C19H15FN4O3S. The van der Waals surface area contributed by atoms with E-state index < -0.39 is 16.6 Å². The molecule has 3 rings (SSSR count). The molecule has 2 aromatic carbocycles. The third-order valence-corrected chi connectivity index (χ3v) is 4.52. The van der Waals surface area contributed by atoms with Crippen LogP contribution in [0.5, 0.6) is 0 Å². The minimum atomic E-state index is -0.748. The quantitative estimate of drug-likeness (QED) is 0.289. The van der Waals surface area contributed by atoms with Gasteiger partial charge < -0.3 is 5.32 Å². The van der Waals surface area contributed by atoms with Crippen LogP contribution in [0.15, 0.2) is 59.8 Å². The van der Waals surface area contributed by atoms with Gasteiger partial charge in [-0.3, -0.25) is 14.9 Å². The lowest BCUT2D eigenvalue weighted by Gasteiger charge is -2.07. The highest BCUT2D eigenvalue weighted by Gasteiger charge is 2.14. The summed E-state index contributed by atoms with van der Waals surface area (Å²) in [6, 6.07) is 14.4. The van der Waals surface area contributed by atoms with Crippen LogP contribution < -0.4 is 5.32 Å². The zero-order valence-electron chi connectivity index (χ0n) is 14.8. The molecule has 0 aliphatic rings. The monoisotopic (exact) mass is 398 g/mol. The Labute approximate surface area is 164 Å². The van der Waals surface area contributed by atoms with E-state index in [-0.39, 0.29) is 17.1 Å². The standard InChI is InChI=1S/C19H15FN4O3S/c1-12-9-16(13-5-3-2-4-6-13)23-19(21-12)28-11-18(25)22-17-10-14(24(26)27)7-8-15(17)20/h2-10H,11H2,1H3,(H,22,25). The van der Waals surface area contributed by atoms with Crippen molar-refractivity contribution in [3.05, 3.63) is 76.2 Å². The van der Waals surface area contributed by atoms with E-state index in [0.717, 1.165) is 46.9 Å². The second kappa shape index (κ2) is 8.57. The molecule has 9 heteroatoms. The van der Waals surface area contributed by atoms with Crippen LogP contribution in [0, 0.1) is 22.9 Å². The van der Waals surface area contributed by atoms with E-state index in [2.05, 4.69) is 15.3 Å². The van der Waals surface area contributed by atoms with Gasteiger partial charge in [-0.1, -0.05) is 42.1 Å². The van der Waals surface area contributed by atoms with Gasteiger partial charge in [0.05, 0.1) is 22.1 Å². The van der Waals surface area contributed by atoms with Crippen molar-refractivity contribution in [2.45, 2.75) is 12.1 Å². The van der Waals surface area contributed by atoms with Gasteiger partial charge in [-0.2, -0.15) is 0 Å². The van der Waals surface area contributed by atoms with Crippen LogP contribution in [0.3, 0.4) is 0 Å². The molecule has 0 fully saturated rings. The number of aryl methyl sites for hydroxylation is 1. The number of amides is 1. The first kappa shape index (κ1) is 19.4. The molecule has 1 N–H and O–H groups in total. The number of carbonyl (C=O) groups excluding carboxylic acids is 1. The number of nitrogens with one attached hydrogen (secondary N) is 1. The molecule has 0 unspecified atom stereocenters.